The van der Waals surface area contributed by atoms with Crippen molar-refractivity contribution in [2.75, 3.05) is 18.4 Å². The molecule has 16 heavy (non-hydrogen) atoms. The van der Waals surface area contributed by atoms with Gasteiger partial charge >= 0.3 is 0 Å². The van der Waals surface area contributed by atoms with E-state index in [0.717, 1.165) is 16.9 Å². The number of hydrogen-bond donors (Lipinski definition) is 4. The van der Waals surface area contributed by atoms with Crippen LogP contribution in [0.3, 0.4) is 0 Å². The average Bonchev–Trinajstić information content (AvgIpc) is 2.62. The molecule has 1 atom stereocenters. The van der Waals surface area contributed by atoms with Crippen molar-refractivity contribution in [3.05, 3.63) is 30.0 Å². The summed E-state index contributed by atoms with van der Waals surface area (Å²) in [6, 6.07) is 8.20. The first-order chi connectivity index (χ1) is 7.72. The number of benzene rings is 1. The Morgan fingerprint density at radius 2 is 2.12 bits per heavy atom. The van der Waals surface area contributed by atoms with Crippen LogP contribution in [0.2, 0.25) is 0 Å². The number of nitrogens with one attached hydrogen (secondary N) is 2. The molecule has 0 radical (unpaired) electrons. The predicted molar refractivity (Wildman–Crippen MR) is 68.6 cm³/mol. The summed E-state index contributed by atoms with van der Waals surface area (Å²) in [5.41, 5.74) is 14.7. The summed E-state index contributed by atoms with van der Waals surface area (Å²) in [5.74, 6) is 0. The first-order valence-corrected chi connectivity index (χ1v) is 5.49. The summed E-state index contributed by atoms with van der Waals surface area (Å²) >= 11 is 0. The maximum atomic E-state index is 5.79. The fourth-order valence-electron chi connectivity index (χ4n) is 1.82. The van der Waals surface area contributed by atoms with Crippen LogP contribution in [0.4, 0.5) is 5.69 Å². The minimum Gasteiger partial charge on any atom is -0.381 e. The Kier molecular flexibility index (Phi) is 3.12. The number of rotatable bonds is 4. The molecule has 4 heteroatoms. The monoisotopic (exact) mass is 218 g/mol. The van der Waals surface area contributed by atoms with Crippen LogP contribution in [0.5, 0.6) is 0 Å². The highest BCUT2D eigenvalue weighted by molar-refractivity contribution is 5.94. The van der Waals surface area contributed by atoms with Crippen LogP contribution >= 0.6 is 0 Å². The van der Waals surface area contributed by atoms with Gasteiger partial charge in [-0.2, -0.15) is 0 Å². The molecule has 0 aliphatic heterocycles. The number of aromatic nitrogens is 1. The van der Waals surface area contributed by atoms with Crippen molar-refractivity contribution in [1.29, 1.82) is 0 Å². The molecule has 0 bridgehead atoms. The number of fused-ring (bicyclic) bond motifs is 1. The number of H-pyrrole nitrogens is 1. The zero-order valence-electron chi connectivity index (χ0n) is 9.46. The summed E-state index contributed by atoms with van der Waals surface area (Å²) < 4.78 is 0. The maximum Gasteiger partial charge on any atom is 0.0628 e. The molecule has 1 heterocycles. The SMILES string of the molecule is Cc1[nH]c2ccccc2c1NCC(N)CN. The van der Waals surface area contributed by atoms with Gasteiger partial charge < -0.3 is 21.8 Å². The van der Waals surface area contributed by atoms with Crippen LogP contribution in [-0.4, -0.2) is 24.1 Å². The molecule has 0 aliphatic rings. The van der Waals surface area contributed by atoms with Crippen molar-refractivity contribution < 1.29 is 0 Å². The van der Waals surface area contributed by atoms with Crippen molar-refractivity contribution in [3.8, 4) is 0 Å². The van der Waals surface area contributed by atoms with E-state index in [2.05, 4.69) is 29.4 Å². The fourth-order valence-corrected chi connectivity index (χ4v) is 1.82. The molecule has 0 spiro atoms. The molecule has 1 unspecified atom stereocenters. The Balaban J connectivity index is 2.26. The van der Waals surface area contributed by atoms with Gasteiger partial charge in [-0.05, 0) is 13.0 Å². The molecule has 1 aromatic carbocycles. The number of anilines is 1. The minimum atomic E-state index is -0.00642. The fraction of sp³-hybridized carbons (Fsp3) is 0.333. The lowest BCUT2D eigenvalue weighted by molar-refractivity contribution is 0.713. The Morgan fingerprint density at radius 3 is 2.88 bits per heavy atom. The summed E-state index contributed by atoms with van der Waals surface area (Å²) in [6.07, 6.45) is 0. The standard InChI is InChI=1S/C12H18N4/c1-8-12(15-7-9(14)6-13)10-4-2-3-5-11(10)16-8/h2-5,9,15-16H,6-7,13-14H2,1H3. The molecule has 0 fully saturated rings. The quantitative estimate of drug-likeness (QED) is 0.622. The Hall–Kier alpha value is -1.52. The van der Waals surface area contributed by atoms with Crippen molar-refractivity contribution in [2.45, 2.75) is 13.0 Å². The highest BCUT2D eigenvalue weighted by atomic mass is 14.9. The predicted octanol–water partition coefficient (Wildman–Crippen LogP) is 1.17. The molecule has 0 aliphatic carbocycles. The molecule has 1 aromatic heterocycles. The molecule has 6 N–H and O–H groups in total. The zero-order valence-corrected chi connectivity index (χ0v) is 9.46. The number of hydrogen-bond acceptors (Lipinski definition) is 3. The Bertz CT molecular complexity index is 475. The Morgan fingerprint density at radius 1 is 1.38 bits per heavy atom. The van der Waals surface area contributed by atoms with Gasteiger partial charge in [-0.25, -0.2) is 0 Å². The second kappa shape index (κ2) is 4.55. The first-order valence-electron chi connectivity index (χ1n) is 5.49. The van der Waals surface area contributed by atoms with Crippen LogP contribution in [-0.2, 0) is 0 Å². The lowest BCUT2D eigenvalue weighted by Crippen LogP contribution is -2.36. The number of aryl methyl sites for hydroxylation is 1. The van der Waals surface area contributed by atoms with E-state index in [1.54, 1.807) is 0 Å². The van der Waals surface area contributed by atoms with Gasteiger partial charge in [0.2, 0.25) is 0 Å². The number of aromatic amines is 1. The first kappa shape index (κ1) is 11.0. The number of nitrogens with two attached hydrogens (primary N) is 2. The molecule has 0 saturated heterocycles. The maximum absolute atomic E-state index is 5.79. The van der Waals surface area contributed by atoms with Crippen LogP contribution in [0.1, 0.15) is 5.69 Å². The molecule has 0 amide bonds. The summed E-state index contributed by atoms with van der Waals surface area (Å²) in [4.78, 5) is 3.33. The van der Waals surface area contributed by atoms with E-state index in [0.29, 0.717) is 13.1 Å². The topological polar surface area (TPSA) is 79.9 Å². The number of para-hydroxylation sites is 1. The van der Waals surface area contributed by atoms with E-state index >= 15 is 0 Å². The van der Waals surface area contributed by atoms with E-state index in [1.165, 1.54) is 5.39 Å². The molecular weight excluding hydrogens is 200 g/mol. The van der Waals surface area contributed by atoms with E-state index in [9.17, 15) is 0 Å². The van der Waals surface area contributed by atoms with Gasteiger partial charge in [0.1, 0.15) is 0 Å². The molecule has 0 saturated carbocycles. The highest BCUT2D eigenvalue weighted by Crippen LogP contribution is 2.26. The van der Waals surface area contributed by atoms with Crippen LogP contribution in [0.25, 0.3) is 10.9 Å². The highest BCUT2D eigenvalue weighted by Gasteiger charge is 2.08. The molecule has 2 rings (SSSR count). The van der Waals surface area contributed by atoms with Crippen LogP contribution in [0, 0.1) is 6.92 Å². The molecule has 2 aromatic rings. The van der Waals surface area contributed by atoms with Gasteiger partial charge in [0.25, 0.3) is 0 Å². The zero-order chi connectivity index (χ0) is 11.5. The van der Waals surface area contributed by atoms with Crippen molar-refractivity contribution in [2.24, 2.45) is 11.5 Å². The third-order valence-corrected chi connectivity index (χ3v) is 2.74. The summed E-state index contributed by atoms with van der Waals surface area (Å²) in [5, 5.41) is 4.55. The Labute approximate surface area is 95.0 Å². The van der Waals surface area contributed by atoms with Gasteiger partial charge in [-0.15, -0.1) is 0 Å². The lowest BCUT2D eigenvalue weighted by atomic mass is 10.2. The second-order valence-electron chi connectivity index (χ2n) is 4.05. The molecule has 4 nitrogen and oxygen atoms in total. The second-order valence-corrected chi connectivity index (χ2v) is 4.05. The van der Waals surface area contributed by atoms with E-state index in [1.807, 2.05) is 12.1 Å². The van der Waals surface area contributed by atoms with Gasteiger partial charge in [0, 0.05) is 35.7 Å². The third-order valence-electron chi connectivity index (χ3n) is 2.74. The summed E-state index contributed by atoms with van der Waals surface area (Å²) in [6.45, 7) is 3.24. The van der Waals surface area contributed by atoms with E-state index in [4.69, 9.17) is 11.5 Å². The summed E-state index contributed by atoms with van der Waals surface area (Å²) in [7, 11) is 0. The van der Waals surface area contributed by atoms with E-state index < -0.39 is 0 Å². The lowest BCUT2D eigenvalue weighted by Gasteiger charge is -2.11. The van der Waals surface area contributed by atoms with Crippen molar-refractivity contribution >= 4 is 16.6 Å². The van der Waals surface area contributed by atoms with Gasteiger partial charge in [0.05, 0.1) is 5.69 Å². The average molecular weight is 218 g/mol. The normalized spacial score (nSPS) is 12.9. The van der Waals surface area contributed by atoms with Gasteiger partial charge in [-0.1, -0.05) is 18.2 Å². The third kappa shape index (κ3) is 2.03. The smallest absolute Gasteiger partial charge is 0.0628 e. The largest absolute Gasteiger partial charge is 0.381 e. The minimum absolute atomic E-state index is 0.00642. The van der Waals surface area contributed by atoms with Crippen LogP contribution < -0.4 is 16.8 Å². The molecular formula is C12H18N4. The van der Waals surface area contributed by atoms with Crippen LogP contribution in [0.15, 0.2) is 24.3 Å². The van der Waals surface area contributed by atoms with E-state index in [-0.39, 0.29) is 6.04 Å². The van der Waals surface area contributed by atoms with Crippen molar-refractivity contribution in [3.63, 3.8) is 0 Å². The van der Waals surface area contributed by atoms with Gasteiger partial charge in [0.15, 0.2) is 0 Å². The molecule has 86 valence electrons. The van der Waals surface area contributed by atoms with Gasteiger partial charge in [-0.3, -0.25) is 0 Å². The van der Waals surface area contributed by atoms with Crippen molar-refractivity contribution in [1.82, 2.24) is 4.98 Å².